The second-order valence-electron chi connectivity index (χ2n) is 6.35. The van der Waals surface area contributed by atoms with Crippen molar-refractivity contribution >= 4 is 11.6 Å². The van der Waals surface area contributed by atoms with Crippen molar-refractivity contribution in [3.8, 4) is 22.8 Å². The molecule has 3 rings (SSSR count). The van der Waals surface area contributed by atoms with E-state index in [0.29, 0.717) is 29.5 Å². The van der Waals surface area contributed by atoms with E-state index in [-0.39, 0.29) is 5.02 Å². The summed E-state index contributed by atoms with van der Waals surface area (Å²) in [5.74, 6) is 0.370. The smallest absolute Gasteiger partial charge is 0.280 e. The van der Waals surface area contributed by atoms with E-state index in [1.165, 1.54) is 4.57 Å². The fraction of sp³-hybridized carbons (Fsp3) is 0.263. The molecule has 0 spiro atoms. The fourth-order valence-electron chi connectivity index (χ4n) is 2.81. The molecule has 2 N–H and O–H groups in total. The third-order valence-electron chi connectivity index (χ3n) is 4.11. The largest absolute Gasteiger partial charge is 0.492 e. The van der Waals surface area contributed by atoms with Crippen LogP contribution in [-0.2, 0) is 6.42 Å². The van der Waals surface area contributed by atoms with Crippen LogP contribution in [0.25, 0.3) is 16.9 Å². The SMILES string of the molecule is Cc1ccc(-c2ccnc(CC(C)O)n2)cc1-n1c(C)nc(O)c(Cl)c1=O. The average Bonchev–Trinajstić information content (AvgIpc) is 2.61. The van der Waals surface area contributed by atoms with Crippen LogP contribution in [0.2, 0.25) is 5.02 Å². The van der Waals surface area contributed by atoms with Crippen molar-refractivity contribution in [2.45, 2.75) is 33.3 Å². The molecule has 1 atom stereocenters. The van der Waals surface area contributed by atoms with Gasteiger partial charge in [-0.3, -0.25) is 9.36 Å². The first-order valence-electron chi connectivity index (χ1n) is 8.37. The summed E-state index contributed by atoms with van der Waals surface area (Å²) in [4.78, 5) is 25.2. The predicted octanol–water partition coefficient (Wildman–Crippen LogP) is 2.59. The Balaban J connectivity index is 2.15. The van der Waals surface area contributed by atoms with Crippen molar-refractivity contribution in [2.24, 2.45) is 0 Å². The number of hydrogen-bond donors (Lipinski definition) is 2. The maximum atomic E-state index is 12.6. The van der Waals surface area contributed by atoms with E-state index in [9.17, 15) is 15.0 Å². The van der Waals surface area contributed by atoms with Gasteiger partial charge in [0.25, 0.3) is 5.56 Å². The summed E-state index contributed by atoms with van der Waals surface area (Å²) in [6.07, 6.45) is 1.44. The number of halogens is 1. The summed E-state index contributed by atoms with van der Waals surface area (Å²) >= 11 is 5.89. The molecule has 0 aliphatic rings. The summed E-state index contributed by atoms with van der Waals surface area (Å²) in [6, 6.07) is 7.34. The molecule has 0 radical (unpaired) electrons. The number of rotatable bonds is 4. The molecule has 0 amide bonds. The minimum atomic E-state index is -0.542. The molecule has 3 aromatic rings. The van der Waals surface area contributed by atoms with Crippen LogP contribution in [-0.4, -0.2) is 35.8 Å². The molecule has 27 heavy (non-hydrogen) atoms. The molecule has 0 bridgehead atoms. The van der Waals surface area contributed by atoms with Crippen molar-refractivity contribution in [3.63, 3.8) is 0 Å². The summed E-state index contributed by atoms with van der Waals surface area (Å²) in [5, 5.41) is 18.9. The van der Waals surface area contributed by atoms with Crippen LogP contribution < -0.4 is 5.56 Å². The zero-order valence-corrected chi connectivity index (χ0v) is 15.9. The number of aliphatic hydroxyl groups is 1. The van der Waals surface area contributed by atoms with Crippen molar-refractivity contribution in [3.05, 3.63) is 63.1 Å². The van der Waals surface area contributed by atoms with Gasteiger partial charge in [0.05, 0.1) is 17.5 Å². The lowest BCUT2D eigenvalue weighted by Gasteiger charge is -2.14. The fourth-order valence-corrected chi connectivity index (χ4v) is 2.94. The van der Waals surface area contributed by atoms with Gasteiger partial charge in [-0.2, -0.15) is 4.98 Å². The Bertz CT molecular complexity index is 1060. The summed E-state index contributed by atoms with van der Waals surface area (Å²) < 4.78 is 1.36. The molecule has 1 unspecified atom stereocenters. The van der Waals surface area contributed by atoms with E-state index in [0.717, 1.165) is 11.1 Å². The van der Waals surface area contributed by atoms with E-state index in [2.05, 4.69) is 15.0 Å². The van der Waals surface area contributed by atoms with Crippen molar-refractivity contribution in [1.82, 2.24) is 19.5 Å². The molecule has 0 fully saturated rings. The predicted molar refractivity (Wildman–Crippen MR) is 102 cm³/mol. The van der Waals surface area contributed by atoms with Gasteiger partial charge in [0, 0.05) is 18.2 Å². The first-order valence-corrected chi connectivity index (χ1v) is 8.75. The van der Waals surface area contributed by atoms with Crippen LogP contribution in [0, 0.1) is 13.8 Å². The minimum absolute atomic E-state index is 0.319. The van der Waals surface area contributed by atoms with Gasteiger partial charge in [0.1, 0.15) is 11.6 Å². The number of nitrogens with zero attached hydrogens (tertiary/aromatic N) is 4. The van der Waals surface area contributed by atoms with Crippen molar-refractivity contribution < 1.29 is 10.2 Å². The molecule has 2 heterocycles. The Labute approximate surface area is 161 Å². The highest BCUT2D eigenvalue weighted by molar-refractivity contribution is 6.31. The lowest BCUT2D eigenvalue weighted by molar-refractivity contribution is 0.193. The van der Waals surface area contributed by atoms with Gasteiger partial charge in [0.15, 0.2) is 5.02 Å². The highest BCUT2D eigenvalue weighted by Crippen LogP contribution is 2.25. The van der Waals surface area contributed by atoms with Gasteiger partial charge in [-0.05, 0) is 38.5 Å². The molecule has 0 aliphatic carbocycles. The highest BCUT2D eigenvalue weighted by Gasteiger charge is 2.16. The van der Waals surface area contributed by atoms with Gasteiger partial charge < -0.3 is 10.2 Å². The molecule has 0 aliphatic heterocycles. The van der Waals surface area contributed by atoms with E-state index >= 15 is 0 Å². The average molecular weight is 387 g/mol. The molecule has 1 aromatic carbocycles. The molecule has 0 saturated carbocycles. The maximum Gasteiger partial charge on any atom is 0.280 e. The van der Waals surface area contributed by atoms with Gasteiger partial charge in [0.2, 0.25) is 5.88 Å². The number of aryl methyl sites for hydroxylation is 2. The van der Waals surface area contributed by atoms with Crippen LogP contribution in [0.1, 0.15) is 24.1 Å². The quantitative estimate of drug-likeness (QED) is 0.714. The van der Waals surface area contributed by atoms with Crippen LogP contribution in [0.3, 0.4) is 0 Å². The Hall–Kier alpha value is -2.77. The minimum Gasteiger partial charge on any atom is -0.492 e. The third-order valence-corrected chi connectivity index (χ3v) is 4.44. The van der Waals surface area contributed by atoms with Crippen LogP contribution in [0.5, 0.6) is 5.88 Å². The zero-order chi connectivity index (χ0) is 19.7. The molecule has 140 valence electrons. The molecule has 0 saturated heterocycles. The van der Waals surface area contributed by atoms with Crippen molar-refractivity contribution in [2.75, 3.05) is 0 Å². The monoisotopic (exact) mass is 386 g/mol. The number of hydrogen-bond acceptors (Lipinski definition) is 6. The highest BCUT2D eigenvalue weighted by atomic mass is 35.5. The third kappa shape index (κ3) is 3.84. The van der Waals surface area contributed by atoms with E-state index in [4.69, 9.17) is 11.6 Å². The van der Waals surface area contributed by atoms with Gasteiger partial charge in [-0.15, -0.1) is 0 Å². The number of aromatic nitrogens is 4. The lowest BCUT2D eigenvalue weighted by Crippen LogP contribution is -2.23. The molecular weight excluding hydrogens is 368 g/mol. The maximum absolute atomic E-state index is 12.6. The zero-order valence-electron chi connectivity index (χ0n) is 15.1. The van der Waals surface area contributed by atoms with Crippen LogP contribution >= 0.6 is 11.6 Å². The summed E-state index contributed by atoms with van der Waals surface area (Å²) in [5.41, 5.74) is 2.34. The Kier molecular flexibility index (Phi) is 5.25. The van der Waals surface area contributed by atoms with Crippen LogP contribution in [0.4, 0.5) is 0 Å². The molecule has 2 aromatic heterocycles. The Morgan fingerprint density at radius 3 is 2.67 bits per heavy atom. The molecule has 7 nitrogen and oxygen atoms in total. The van der Waals surface area contributed by atoms with E-state index in [1.54, 1.807) is 26.1 Å². The summed E-state index contributed by atoms with van der Waals surface area (Å²) in [7, 11) is 0. The second-order valence-corrected chi connectivity index (χ2v) is 6.73. The second kappa shape index (κ2) is 7.46. The lowest BCUT2D eigenvalue weighted by atomic mass is 10.1. The van der Waals surface area contributed by atoms with Crippen molar-refractivity contribution in [1.29, 1.82) is 0 Å². The Morgan fingerprint density at radius 1 is 1.22 bits per heavy atom. The van der Waals surface area contributed by atoms with E-state index < -0.39 is 17.5 Å². The number of aromatic hydroxyl groups is 1. The first-order chi connectivity index (χ1) is 12.8. The van der Waals surface area contributed by atoms with Gasteiger partial charge in [-0.1, -0.05) is 23.7 Å². The topological polar surface area (TPSA) is 101 Å². The van der Waals surface area contributed by atoms with Crippen LogP contribution in [0.15, 0.2) is 35.3 Å². The standard InChI is InChI=1S/C19H19ClN4O3/c1-10-4-5-13(14-6-7-21-16(23-14)8-11(2)25)9-15(10)24-12(3)22-18(26)17(20)19(24)27/h4-7,9,11,25-26H,8H2,1-3H3. The number of aliphatic hydroxyl groups excluding tert-OH is 1. The van der Waals surface area contributed by atoms with E-state index in [1.807, 2.05) is 25.1 Å². The van der Waals surface area contributed by atoms with Gasteiger partial charge in [-0.25, -0.2) is 9.97 Å². The first kappa shape index (κ1) is 19.0. The normalized spacial score (nSPS) is 12.2. The Morgan fingerprint density at radius 2 is 1.96 bits per heavy atom. The number of benzene rings is 1. The van der Waals surface area contributed by atoms with Gasteiger partial charge >= 0.3 is 0 Å². The summed E-state index contributed by atoms with van der Waals surface area (Å²) in [6.45, 7) is 5.16. The molecular formula is C19H19ClN4O3. The molecule has 8 heteroatoms.